The van der Waals surface area contributed by atoms with Gasteiger partial charge in [0.2, 0.25) is 0 Å². The molecule has 1 aliphatic heterocycles. The van der Waals surface area contributed by atoms with Crippen LogP contribution in [0.15, 0.2) is 18.3 Å². The third kappa shape index (κ3) is 2.66. The van der Waals surface area contributed by atoms with Crippen LogP contribution in [0.3, 0.4) is 0 Å². The Balaban J connectivity index is 1.63. The average Bonchev–Trinajstić information content (AvgIpc) is 2.81. The van der Waals surface area contributed by atoms with Gasteiger partial charge >= 0.3 is 0 Å². The van der Waals surface area contributed by atoms with Gasteiger partial charge in [-0.1, -0.05) is 6.07 Å². The Morgan fingerprint density at radius 3 is 2.55 bits per heavy atom. The Kier molecular flexibility index (Phi) is 3.67. The lowest BCUT2D eigenvalue weighted by Crippen LogP contribution is -2.35. The second-order valence-corrected chi connectivity index (χ2v) is 5.91. The van der Waals surface area contributed by atoms with Crippen LogP contribution in [-0.4, -0.2) is 42.9 Å². The van der Waals surface area contributed by atoms with Gasteiger partial charge < -0.3 is 19.5 Å². The molecule has 2 fully saturated rings. The Morgan fingerprint density at radius 1 is 1.30 bits per heavy atom. The van der Waals surface area contributed by atoms with Crippen LogP contribution < -0.4 is 4.90 Å². The van der Waals surface area contributed by atoms with Gasteiger partial charge in [-0.05, 0) is 30.4 Å². The van der Waals surface area contributed by atoms with Gasteiger partial charge in [0.1, 0.15) is 12.4 Å². The van der Waals surface area contributed by atoms with E-state index in [0.717, 1.165) is 31.5 Å². The molecule has 0 aromatic carbocycles. The van der Waals surface area contributed by atoms with E-state index in [4.69, 9.17) is 9.47 Å². The second-order valence-electron chi connectivity index (χ2n) is 5.91. The molecular weight excluding hydrogens is 256 g/mol. The first-order chi connectivity index (χ1) is 9.58. The quantitative estimate of drug-likeness (QED) is 0.895. The van der Waals surface area contributed by atoms with Crippen molar-refractivity contribution in [3.05, 3.63) is 23.9 Å². The van der Waals surface area contributed by atoms with Crippen molar-refractivity contribution in [3.63, 3.8) is 0 Å². The number of hydrogen-bond donors (Lipinski definition) is 1. The van der Waals surface area contributed by atoms with Crippen molar-refractivity contribution in [2.45, 2.75) is 43.7 Å². The van der Waals surface area contributed by atoms with Gasteiger partial charge in [0.05, 0.1) is 0 Å². The highest BCUT2D eigenvalue weighted by atomic mass is 16.8. The molecule has 20 heavy (non-hydrogen) atoms. The number of ether oxygens (including phenoxy) is 2. The molecule has 1 N–H and O–H groups in total. The molecule has 5 nitrogen and oxygen atoms in total. The van der Waals surface area contributed by atoms with Crippen LogP contribution in [0.25, 0.3) is 0 Å². The van der Waals surface area contributed by atoms with Crippen LogP contribution in [0, 0.1) is 0 Å². The minimum absolute atomic E-state index is 0.295. The molecule has 2 aliphatic rings. The molecule has 1 saturated heterocycles. The zero-order valence-electron chi connectivity index (χ0n) is 12.1. The summed E-state index contributed by atoms with van der Waals surface area (Å²) in [4.78, 5) is 6.48. The van der Waals surface area contributed by atoms with Crippen LogP contribution in [0.5, 0.6) is 0 Å². The van der Waals surface area contributed by atoms with E-state index in [0.29, 0.717) is 12.5 Å². The van der Waals surface area contributed by atoms with Crippen LogP contribution in [0.1, 0.15) is 37.2 Å². The summed E-state index contributed by atoms with van der Waals surface area (Å²) in [5.74, 6) is 0.952. The fraction of sp³-hybridized carbons (Fsp3) is 0.667. The highest BCUT2D eigenvalue weighted by Crippen LogP contribution is 2.43. The standard InChI is InChI=1S/C15H22N2O3/c1-17(2)13-4-3-12(9-16-13)11-5-7-15(8-6-11)19-10-14(18)20-15/h3-4,9,11,14,18H,5-8,10H2,1-2H3. The first-order valence-electron chi connectivity index (χ1n) is 7.21. The van der Waals surface area contributed by atoms with Crippen LogP contribution >= 0.6 is 0 Å². The van der Waals surface area contributed by atoms with Gasteiger partial charge in [-0.25, -0.2) is 4.98 Å². The average molecular weight is 278 g/mol. The lowest BCUT2D eigenvalue weighted by molar-refractivity contribution is -0.214. The smallest absolute Gasteiger partial charge is 0.181 e. The van der Waals surface area contributed by atoms with Gasteiger partial charge in [0.25, 0.3) is 0 Å². The van der Waals surface area contributed by atoms with Crippen molar-refractivity contribution >= 4 is 5.82 Å². The summed E-state index contributed by atoms with van der Waals surface area (Å²) in [6.45, 7) is 0.295. The molecular formula is C15H22N2O3. The van der Waals surface area contributed by atoms with E-state index in [1.807, 2.05) is 25.2 Å². The summed E-state index contributed by atoms with van der Waals surface area (Å²) in [6.07, 6.45) is 4.91. The summed E-state index contributed by atoms with van der Waals surface area (Å²) in [5.41, 5.74) is 1.28. The fourth-order valence-corrected chi connectivity index (χ4v) is 3.10. The molecule has 1 aromatic heterocycles. The Hall–Kier alpha value is -1.17. The van der Waals surface area contributed by atoms with Crippen molar-refractivity contribution in [2.24, 2.45) is 0 Å². The van der Waals surface area contributed by atoms with Crippen LogP contribution in [0.4, 0.5) is 5.82 Å². The first kappa shape index (κ1) is 13.8. The lowest BCUT2D eigenvalue weighted by atomic mass is 9.81. The summed E-state index contributed by atoms with van der Waals surface area (Å²) >= 11 is 0. The number of anilines is 1. The van der Waals surface area contributed by atoms with E-state index in [-0.39, 0.29) is 0 Å². The van der Waals surface area contributed by atoms with E-state index in [9.17, 15) is 5.11 Å². The SMILES string of the molecule is CN(C)c1ccc(C2CCC3(CC2)OCC(O)O3)cn1. The summed E-state index contributed by atoms with van der Waals surface area (Å²) in [5, 5.41) is 9.45. The number of aliphatic hydroxyl groups excluding tert-OH is 1. The molecule has 1 aromatic rings. The predicted molar refractivity (Wildman–Crippen MR) is 75.5 cm³/mol. The van der Waals surface area contributed by atoms with E-state index in [2.05, 4.69) is 17.1 Å². The number of aliphatic hydroxyl groups is 1. The third-order valence-corrected chi connectivity index (χ3v) is 4.29. The molecule has 1 aliphatic carbocycles. The third-order valence-electron chi connectivity index (χ3n) is 4.29. The zero-order valence-corrected chi connectivity index (χ0v) is 12.1. The topological polar surface area (TPSA) is 54.8 Å². The molecule has 0 amide bonds. The van der Waals surface area contributed by atoms with Crippen LogP contribution in [-0.2, 0) is 9.47 Å². The summed E-state index contributed by atoms with van der Waals surface area (Å²) in [6, 6.07) is 4.22. The minimum atomic E-state index is -0.757. The molecule has 5 heteroatoms. The van der Waals surface area contributed by atoms with Crippen molar-refractivity contribution in [1.82, 2.24) is 4.98 Å². The largest absolute Gasteiger partial charge is 0.366 e. The molecule has 1 spiro atoms. The van der Waals surface area contributed by atoms with Gasteiger partial charge in [-0.15, -0.1) is 0 Å². The van der Waals surface area contributed by atoms with Crippen LogP contribution in [0.2, 0.25) is 0 Å². The first-order valence-corrected chi connectivity index (χ1v) is 7.21. The van der Waals surface area contributed by atoms with E-state index < -0.39 is 12.1 Å². The highest BCUT2D eigenvalue weighted by Gasteiger charge is 2.43. The molecule has 0 radical (unpaired) electrons. The molecule has 110 valence electrons. The van der Waals surface area contributed by atoms with E-state index in [1.54, 1.807) is 0 Å². The Labute approximate surface area is 119 Å². The molecule has 0 bridgehead atoms. The summed E-state index contributed by atoms with van der Waals surface area (Å²) in [7, 11) is 3.99. The molecule has 1 unspecified atom stereocenters. The maximum Gasteiger partial charge on any atom is 0.181 e. The normalized spacial score (nSPS) is 33.5. The van der Waals surface area contributed by atoms with Crippen molar-refractivity contribution in [3.8, 4) is 0 Å². The second kappa shape index (κ2) is 5.31. The Bertz CT molecular complexity index is 453. The maximum absolute atomic E-state index is 9.45. The summed E-state index contributed by atoms with van der Waals surface area (Å²) < 4.78 is 11.2. The van der Waals surface area contributed by atoms with Crippen molar-refractivity contribution in [1.29, 1.82) is 0 Å². The van der Waals surface area contributed by atoms with E-state index in [1.165, 1.54) is 5.56 Å². The van der Waals surface area contributed by atoms with Gasteiger partial charge in [-0.3, -0.25) is 0 Å². The van der Waals surface area contributed by atoms with Gasteiger partial charge in [0, 0.05) is 33.1 Å². The predicted octanol–water partition coefficient (Wildman–Crippen LogP) is 1.87. The maximum atomic E-state index is 9.45. The Morgan fingerprint density at radius 2 is 2.05 bits per heavy atom. The molecule has 1 saturated carbocycles. The highest BCUT2D eigenvalue weighted by molar-refractivity contribution is 5.38. The number of pyridine rings is 1. The van der Waals surface area contributed by atoms with Gasteiger partial charge in [-0.2, -0.15) is 0 Å². The number of hydrogen-bond acceptors (Lipinski definition) is 5. The van der Waals surface area contributed by atoms with E-state index >= 15 is 0 Å². The number of rotatable bonds is 2. The molecule has 1 atom stereocenters. The van der Waals surface area contributed by atoms with Gasteiger partial charge in [0.15, 0.2) is 12.1 Å². The lowest BCUT2D eigenvalue weighted by Gasteiger charge is -2.35. The fourth-order valence-electron chi connectivity index (χ4n) is 3.10. The minimum Gasteiger partial charge on any atom is -0.366 e. The number of nitrogens with zero attached hydrogens (tertiary/aromatic N) is 2. The molecule has 3 rings (SSSR count). The number of aromatic nitrogens is 1. The molecule has 2 heterocycles. The monoisotopic (exact) mass is 278 g/mol. The van der Waals surface area contributed by atoms with Crippen molar-refractivity contribution < 1.29 is 14.6 Å². The zero-order chi connectivity index (χ0) is 14.2. The van der Waals surface area contributed by atoms with Crippen molar-refractivity contribution in [2.75, 3.05) is 25.6 Å².